The fourth-order valence-electron chi connectivity index (χ4n) is 4.95. The van der Waals surface area contributed by atoms with E-state index >= 15 is 0 Å². The second kappa shape index (κ2) is 12.0. The molecule has 0 bridgehead atoms. The van der Waals surface area contributed by atoms with Gasteiger partial charge in [-0.25, -0.2) is 19.5 Å². The van der Waals surface area contributed by atoms with Crippen LogP contribution in [0.3, 0.4) is 0 Å². The molecule has 4 aromatic heterocycles. The third-order valence-electron chi connectivity index (χ3n) is 6.82. The first-order chi connectivity index (χ1) is 20.5. The largest absolute Gasteiger partial charge is 0.582 e. The third-order valence-corrected chi connectivity index (χ3v) is 9.13. The molecular weight excluding hydrogens is 650 g/mol. The van der Waals surface area contributed by atoms with Crippen LogP contribution in [0.2, 0.25) is 0 Å². The molecule has 2 saturated heterocycles. The van der Waals surface area contributed by atoms with Crippen LogP contribution in [-0.2, 0) is 39.4 Å². The van der Waals surface area contributed by atoms with Gasteiger partial charge in [0.2, 0.25) is 5.95 Å². The Bertz CT molecular complexity index is 1790. The van der Waals surface area contributed by atoms with E-state index in [0.29, 0.717) is 11.3 Å². The van der Waals surface area contributed by atoms with E-state index in [2.05, 4.69) is 42.3 Å². The lowest BCUT2D eigenvalue weighted by atomic mass is 10.1. The summed E-state index contributed by atoms with van der Waals surface area (Å²) in [7, 11) is -2.21. The number of anilines is 2. The smallest absolute Gasteiger partial charge is 0.390 e. The molecule has 0 amide bonds. The molecule has 8 atom stereocenters. The van der Waals surface area contributed by atoms with Crippen LogP contribution in [-0.4, -0.2) is 86.7 Å². The Balaban J connectivity index is 1.16. The number of nitrogens with one attached hydrogen (secondary N) is 1. The van der Waals surface area contributed by atoms with Gasteiger partial charge in [0, 0.05) is 12.8 Å². The first kappa shape index (κ1) is 30.4. The molecule has 43 heavy (non-hydrogen) atoms. The van der Waals surface area contributed by atoms with Crippen LogP contribution in [0.4, 0.5) is 11.8 Å². The van der Waals surface area contributed by atoms with Crippen molar-refractivity contribution in [1.82, 2.24) is 39.1 Å². The first-order valence-electron chi connectivity index (χ1n) is 12.6. The number of aliphatic hydroxyl groups is 1. The molecule has 0 aromatic carbocycles. The van der Waals surface area contributed by atoms with E-state index in [1.807, 2.05) is 0 Å². The predicted molar refractivity (Wildman–Crippen MR) is 154 cm³/mol. The van der Waals surface area contributed by atoms with Crippen LogP contribution in [0.1, 0.15) is 30.9 Å². The van der Waals surface area contributed by atoms with Crippen LogP contribution in [0.25, 0.3) is 16.8 Å². The quantitative estimate of drug-likeness (QED) is 0.0963. The van der Waals surface area contributed by atoms with Crippen molar-refractivity contribution in [2.75, 3.05) is 24.7 Å². The molecule has 7 N–H and O–H groups in total. The summed E-state index contributed by atoms with van der Waals surface area (Å²) in [6.07, 6.45) is -0.645. The van der Waals surface area contributed by atoms with Gasteiger partial charge < -0.3 is 40.0 Å². The Morgan fingerprint density at radius 1 is 1.23 bits per heavy atom. The van der Waals surface area contributed by atoms with E-state index in [1.165, 1.54) is 27.9 Å². The Hall–Kier alpha value is -2.68. The molecule has 0 aliphatic carbocycles. The number of nitrogen functional groups attached to an aromatic ring is 2. The van der Waals surface area contributed by atoms with Gasteiger partial charge in [-0.2, -0.15) is 10.1 Å². The molecule has 2 fully saturated rings. The summed E-state index contributed by atoms with van der Waals surface area (Å²) in [6.45, 7) is -4.40. The summed E-state index contributed by atoms with van der Waals surface area (Å²) in [5.41, 5.74) is 12.0. The fraction of sp³-hybridized carbons (Fsp3) is 0.500. The average molecular weight is 676 g/mol. The summed E-state index contributed by atoms with van der Waals surface area (Å²) < 4.78 is 42.8. The van der Waals surface area contributed by atoms with Gasteiger partial charge in [0.25, 0.3) is 5.56 Å². The number of H-pyrrole nitrogens is 1. The van der Waals surface area contributed by atoms with Gasteiger partial charge in [0.05, 0.1) is 37.0 Å². The van der Waals surface area contributed by atoms with Crippen LogP contribution in [0.5, 0.6) is 0 Å². The number of hydrogen-bond donors (Lipinski definition) is 6. The molecule has 0 radical (unpaired) electrons. The van der Waals surface area contributed by atoms with Crippen LogP contribution < -0.4 is 17.0 Å². The summed E-state index contributed by atoms with van der Waals surface area (Å²) >= 11 is 9.03. The normalized spacial score (nSPS) is 27.7. The molecule has 0 spiro atoms. The van der Waals surface area contributed by atoms with Gasteiger partial charge >= 0.3 is 13.9 Å². The van der Waals surface area contributed by atoms with Gasteiger partial charge in [-0.15, -0.1) is 4.52 Å². The number of aliphatic hydroxyl groups excluding tert-OH is 1. The number of fused-ring (bicyclic) bond motifs is 2. The number of aromatic nitrogens is 8. The molecule has 0 saturated carbocycles. The van der Waals surface area contributed by atoms with E-state index in [-0.39, 0.29) is 49.0 Å². The van der Waals surface area contributed by atoms with Gasteiger partial charge in [-0.3, -0.25) is 14.3 Å². The molecule has 2 aliphatic heterocycles. The van der Waals surface area contributed by atoms with E-state index in [4.69, 9.17) is 46.3 Å². The third kappa shape index (κ3) is 6.29. The molecule has 2 unspecified atom stereocenters. The van der Waals surface area contributed by atoms with Crippen LogP contribution >= 0.6 is 26.2 Å². The van der Waals surface area contributed by atoms with Gasteiger partial charge in [-0.1, -0.05) is 0 Å². The summed E-state index contributed by atoms with van der Waals surface area (Å²) in [4.78, 5) is 42.0. The first-order valence-corrected chi connectivity index (χ1v) is 17.5. The van der Waals surface area contributed by atoms with Crippen molar-refractivity contribution in [3.63, 3.8) is 0 Å². The lowest BCUT2D eigenvalue weighted by Gasteiger charge is -2.25. The zero-order chi connectivity index (χ0) is 30.5. The summed E-state index contributed by atoms with van der Waals surface area (Å²) in [5, 5.41) is 14.8. The van der Waals surface area contributed by atoms with Crippen molar-refractivity contribution in [3.05, 3.63) is 34.9 Å². The van der Waals surface area contributed by atoms with Gasteiger partial charge in [-0.05, 0) is 16.4 Å². The van der Waals surface area contributed by atoms with Crippen LogP contribution in [0.15, 0.2) is 23.6 Å². The van der Waals surface area contributed by atoms with Crippen molar-refractivity contribution in [2.45, 2.75) is 49.6 Å². The van der Waals surface area contributed by atoms with Crippen molar-refractivity contribution in [1.29, 1.82) is 0 Å². The summed E-state index contributed by atoms with van der Waals surface area (Å²) in [5.74, 6) is 0.0421. The van der Waals surface area contributed by atoms with Crippen molar-refractivity contribution in [3.8, 4) is 0 Å². The Kier molecular flexibility index (Phi) is 8.48. The number of hydrogen-bond acceptors (Lipinski definition) is 16. The van der Waals surface area contributed by atoms with Gasteiger partial charge in [0.15, 0.2) is 28.9 Å². The maximum absolute atomic E-state index is 12.3. The molecule has 230 valence electrons. The monoisotopic (exact) mass is 675 g/mol. The topological polar surface area (TPSA) is 262 Å². The minimum Gasteiger partial charge on any atom is -0.390 e. The molecule has 23 heteroatoms. The molecular formula is C20H25N10O9P2S2+. The second-order valence-electron chi connectivity index (χ2n) is 9.63. The predicted octanol–water partition coefficient (Wildman–Crippen LogP) is 0.123. The highest BCUT2D eigenvalue weighted by Crippen LogP contribution is 2.50. The number of thiol groups is 1. The number of imidazole rings is 2. The van der Waals surface area contributed by atoms with Crippen molar-refractivity contribution in [2.24, 2.45) is 0 Å². The maximum atomic E-state index is 12.3. The Labute approximate surface area is 252 Å². The molecule has 6 rings (SSSR count). The standard InChI is InChI=1S/C20H24N10O9P2S2/c21-15-17-23-3-9(30(17)26-6-24-15)11-2-10(31)13(38-11)5-36-41(34,43)39-12-1-8(4-35-40(33)42)37-19(12)29-7-25-14-16(29)27-20(22)28-18(14)32/h3,6-8,10-13,19,31H,1-2,4-5H2,(H6-,21,22,24,26,27,28,32,33,34,42,43)/p+1/t8-,10-,11+,12+,13+,19+,41?/m0/s1. The highest BCUT2D eigenvalue weighted by atomic mass is 32.7. The minimum absolute atomic E-state index is 0.00333. The number of ether oxygens (including phenoxy) is 2. The zero-order valence-corrected chi connectivity index (χ0v) is 25.3. The average Bonchev–Trinajstić information content (AvgIpc) is 3.71. The number of rotatable bonds is 10. The van der Waals surface area contributed by atoms with E-state index < -0.39 is 56.3 Å². The van der Waals surface area contributed by atoms with Crippen molar-refractivity contribution >= 4 is 66.6 Å². The number of nitrogens with zero attached hydrogens (tertiary/aromatic N) is 7. The molecule has 6 heterocycles. The summed E-state index contributed by atoms with van der Waals surface area (Å²) in [6, 6.07) is 0. The van der Waals surface area contributed by atoms with Gasteiger partial charge in [0.1, 0.15) is 43.5 Å². The number of nitrogens with two attached hydrogens (primary N) is 2. The zero-order valence-electron chi connectivity index (χ0n) is 21.8. The Morgan fingerprint density at radius 2 is 2.05 bits per heavy atom. The SMILES string of the molecule is Nc1nc2c(ncn2[C@@H]2O[C@H](CO[P+](=O)S)C[C@H]2OP(O)(=S)OC[C@H]2O[C@@H](c3cnc4c(N)ncnn34)C[C@@H]2O)c(=O)[nH]1. The molecule has 2 aliphatic rings. The van der Waals surface area contributed by atoms with E-state index in [0.717, 1.165) is 0 Å². The highest BCUT2D eigenvalue weighted by Gasteiger charge is 2.43. The Morgan fingerprint density at radius 3 is 2.84 bits per heavy atom. The second-order valence-corrected chi connectivity index (χ2v) is 14.1. The van der Waals surface area contributed by atoms with E-state index in [9.17, 15) is 19.4 Å². The molecule has 19 nitrogen and oxygen atoms in total. The van der Waals surface area contributed by atoms with E-state index in [1.54, 1.807) is 0 Å². The minimum atomic E-state index is -3.98. The van der Waals surface area contributed by atoms with Crippen LogP contribution in [0, 0.1) is 0 Å². The van der Waals surface area contributed by atoms with Crippen molar-refractivity contribution < 1.29 is 37.6 Å². The lowest BCUT2D eigenvalue weighted by Crippen LogP contribution is -2.27. The molecule has 4 aromatic rings. The highest BCUT2D eigenvalue weighted by molar-refractivity contribution is 8.39. The lowest BCUT2D eigenvalue weighted by molar-refractivity contribution is -0.0473. The number of aromatic amines is 1. The fourth-order valence-corrected chi connectivity index (χ4v) is 6.89. The maximum Gasteiger partial charge on any atom is 0.582 e.